The van der Waals surface area contributed by atoms with Crippen molar-refractivity contribution in [1.29, 1.82) is 5.26 Å². The van der Waals surface area contributed by atoms with Crippen LogP contribution in [0.15, 0.2) is 24.3 Å². The molecule has 3 nitrogen and oxygen atoms in total. The first kappa shape index (κ1) is 13.7. The molecule has 0 spiro atoms. The van der Waals surface area contributed by atoms with Crippen molar-refractivity contribution in [2.45, 2.75) is 45.1 Å². The third-order valence-corrected chi connectivity index (χ3v) is 3.87. The van der Waals surface area contributed by atoms with Gasteiger partial charge in [-0.2, -0.15) is 5.26 Å². The summed E-state index contributed by atoms with van der Waals surface area (Å²) in [5.41, 5.74) is 1.09. The molecule has 3 heteroatoms. The number of nitrogens with zero attached hydrogens (tertiary/aromatic N) is 1. The summed E-state index contributed by atoms with van der Waals surface area (Å²) in [7, 11) is 0. The fraction of sp³-hybridized carbons (Fsp3) is 0.562. The van der Waals surface area contributed by atoms with Crippen LogP contribution in [0.25, 0.3) is 0 Å². The van der Waals surface area contributed by atoms with E-state index in [-0.39, 0.29) is 6.61 Å². The van der Waals surface area contributed by atoms with Gasteiger partial charge >= 0.3 is 0 Å². The van der Waals surface area contributed by atoms with Gasteiger partial charge in [0.25, 0.3) is 0 Å². The molecule has 1 aromatic rings. The highest BCUT2D eigenvalue weighted by Gasteiger charge is 2.20. The number of anilines is 1. The molecule has 1 aromatic carbocycles. The van der Waals surface area contributed by atoms with Crippen molar-refractivity contribution in [3.05, 3.63) is 24.3 Å². The quantitative estimate of drug-likeness (QED) is 0.869. The van der Waals surface area contributed by atoms with E-state index in [1.807, 2.05) is 24.3 Å². The van der Waals surface area contributed by atoms with Crippen LogP contribution in [0, 0.1) is 17.2 Å². The van der Waals surface area contributed by atoms with Crippen LogP contribution in [-0.2, 0) is 0 Å². The van der Waals surface area contributed by atoms with Crippen molar-refractivity contribution in [3.8, 4) is 11.8 Å². The Bertz CT molecular complexity index is 439. The maximum atomic E-state index is 8.52. The van der Waals surface area contributed by atoms with Gasteiger partial charge in [-0.3, -0.25) is 0 Å². The zero-order valence-corrected chi connectivity index (χ0v) is 11.6. The van der Waals surface area contributed by atoms with Gasteiger partial charge in [-0.25, -0.2) is 0 Å². The Labute approximate surface area is 115 Å². The van der Waals surface area contributed by atoms with Crippen LogP contribution in [0.4, 0.5) is 5.69 Å². The van der Waals surface area contributed by atoms with E-state index in [4.69, 9.17) is 10.00 Å². The van der Waals surface area contributed by atoms with E-state index >= 15 is 0 Å². The molecule has 0 bridgehead atoms. The fourth-order valence-corrected chi connectivity index (χ4v) is 2.82. The van der Waals surface area contributed by atoms with Crippen molar-refractivity contribution in [2.24, 2.45) is 5.92 Å². The maximum Gasteiger partial charge on any atom is 0.174 e. The van der Waals surface area contributed by atoms with Crippen LogP contribution in [-0.4, -0.2) is 12.6 Å². The highest BCUT2D eigenvalue weighted by atomic mass is 16.5. The zero-order chi connectivity index (χ0) is 13.5. The molecule has 1 fully saturated rings. The lowest BCUT2D eigenvalue weighted by molar-refractivity contribution is 0.327. The van der Waals surface area contributed by atoms with Gasteiger partial charge in [0.2, 0.25) is 0 Å². The predicted molar refractivity (Wildman–Crippen MR) is 77.2 cm³/mol. The molecule has 1 aliphatic rings. The lowest BCUT2D eigenvalue weighted by atomic mass is 9.84. The third kappa shape index (κ3) is 4.17. The molecule has 2 atom stereocenters. The maximum absolute atomic E-state index is 8.52. The van der Waals surface area contributed by atoms with Gasteiger partial charge < -0.3 is 10.1 Å². The normalized spacial score (nSPS) is 22.5. The first-order valence-electron chi connectivity index (χ1n) is 7.18. The monoisotopic (exact) mass is 258 g/mol. The summed E-state index contributed by atoms with van der Waals surface area (Å²) in [5, 5.41) is 12.1. The van der Waals surface area contributed by atoms with E-state index in [1.54, 1.807) is 0 Å². The molecule has 0 aromatic heterocycles. The SMILES string of the molecule is CCC1CCCC(Nc2cccc(OCC#N)c2)C1. The Kier molecular flexibility index (Phi) is 5.09. The lowest BCUT2D eigenvalue weighted by Crippen LogP contribution is -2.27. The van der Waals surface area contributed by atoms with Gasteiger partial charge in [0.1, 0.15) is 11.8 Å². The van der Waals surface area contributed by atoms with Gasteiger partial charge in [0.15, 0.2) is 6.61 Å². The van der Waals surface area contributed by atoms with Crippen LogP contribution < -0.4 is 10.1 Å². The van der Waals surface area contributed by atoms with Crippen LogP contribution in [0.1, 0.15) is 39.0 Å². The van der Waals surface area contributed by atoms with Crippen molar-refractivity contribution in [3.63, 3.8) is 0 Å². The first-order chi connectivity index (χ1) is 9.31. The second-order valence-corrected chi connectivity index (χ2v) is 5.26. The zero-order valence-electron chi connectivity index (χ0n) is 11.6. The number of nitrogens with one attached hydrogen (secondary N) is 1. The van der Waals surface area contributed by atoms with E-state index in [9.17, 15) is 0 Å². The minimum absolute atomic E-state index is 0.102. The number of benzene rings is 1. The molecule has 2 unspecified atom stereocenters. The number of ether oxygens (including phenoxy) is 1. The molecule has 0 aliphatic heterocycles. The highest BCUT2D eigenvalue weighted by molar-refractivity contribution is 5.49. The van der Waals surface area contributed by atoms with E-state index in [2.05, 4.69) is 18.3 Å². The molecular weight excluding hydrogens is 236 g/mol. The van der Waals surface area contributed by atoms with Crippen LogP contribution in [0.2, 0.25) is 0 Å². The molecule has 0 radical (unpaired) electrons. The van der Waals surface area contributed by atoms with Gasteiger partial charge in [0, 0.05) is 17.8 Å². The van der Waals surface area contributed by atoms with E-state index in [1.165, 1.54) is 32.1 Å². The van der Waals surface area contributed by atoms with E-state index in [0.717, 1.165) is 17.4 Å². The number of rotatable bonds is 5. The summed E-state index contributed by atoms with van der Waals surface area (Å²) < 4.78 is 5.33. The van der Waals surface area contributed by atoms with Crippen molar-refractivity contribution in [1.82, 2.24) is 0 Å². The minimum atomic E-state index is 0.102. The predicted octanol–water partition coefficient (Wildman–Crippen LogP) is 3.97. The smallest absolute Gasteiger partial charge is 0.174 e. The van der Waals surface area contributed by atoms with Crippen LogP contribution in [0.5, 0.6) is 5.75 Å². The molecule has 2 rings (SSSR count). The number of hydrogen-bond donors (Lipinski definition) is 1. The molecule has 0 heterocycles. The fourth-order valence-electron chi connectivity index (χ4n) is 2.82. The summed E-state index contributed by atoms with van der Waals surface area (Å²) >= 11 is 0. The molecule has 1 N–H and O–H groups in total. The lowest BCUT2D eigenvalue weighted by Gasteiger charge is -2.29. The highest BCUT2D eigenvalue weighted by Crippen LogP contribution is 2.29. The molecule has 0 saturated heterocycles. The average Bonchev–Trinajstić information content (AvgIpc) is 2.46. The average molecular weight is 258 g/mol. The summed E-state index contributed by atoms with van der Waals surface area (Å²) in [6, 6.07) is 10.5. The Morgan fingerprint density at radius 1 is 1.42 bits per heavy atom. The van der Waals surface area contributed by atoms with Crippen molar-refractivity contribution in [2.75, 3.05) is 11.9 Å². The largest absolute Gasteiger partial charge is 0.479 e. The molecule has 102 valence electrons. The van der Waals surface area contributed by atoms with Gasteiger partial charge in [-0.15, -0.1) is 0 Å². The molecule has 0 amide bonds. The molecule has 1 saturated carbocycles. The third-order valence-electron chi connectivity index (χ3n) is 3.87. The van der Waals surface area contributed by atoms with Crippen LogP contribution >= 0.6 is 0 Å². The Hall–Kier alpha value is -1.69. The number of hydrogen-bond acceptors (Lipinski definition) is 3. The van der Waals surface area contributed by atoms with Crippen molar-refractivity contribution < 1.29 is 4.74 Å². The molecule has 19 heavy (non-hydrogen) atoms. The van der Waals surface area contributed by atoms with Crippen LogP contribution in [0.3, 0.4) is 0 Å². The Morgan fingerprint density at radius 2 is 2.32 bits per heavy atom. The Balaban J connectivity index is 1.93. The van der Waals surface area contributed by atoms with Gasteiger partial charge in [0.05, 0.1) is 0 Å². The topological polar surface area (TPSA) is 45.0 Å². The van der Waals surface area contributed by atoms with Gasteiger partial charge in [-0.1, -0.05) is 32.3 Å². The minimum Gasteiger partial charge on any atom is -0.479 e. The van der Waals surface area contributed by atoms with E-state index < -0.39 is 0 Å². The van der Waals surface area contributed by atoms with Crippen molar-refractivity contribution >= 4 is 5.69 Å². The van der Waals surface area contributed by atoms with Gasteiger partial charge in [-0.05, 0) is 30.9 Å². The second-order valence-electron chi connectivity index (χ2n) is 5.26. The molecule has 1 aliphatic carbocycles. The summed E-state index contributed by atoms with van der Waals surface area (Å²) in [6.45, 7) is 2.38. The Morgan fingerprint density at radius 3 is 3.11 bits per heavy atom. The first-order valence-corrected chi connectivity index (χ1v) is 7.18. The van der Waals surface area contributed by atoms with E-state index in [0.29, 0.717) is 6.04 Å². The summed E-state index contributed by atoms with van der Waals surface area (Å²) in [6.07, 6.45) is 6.49. The summed E-state index contributed by atoms with van der Waals surface area (Å²) in [4.78, 5) is 0. The second kappa shape index (κ2) is 7.04. The number of nitriles is 1. The summed E-state index contributed by atoms with van der Waals surface area (Å²) in [5.74, 6) is 1.62. The molecular formula is C16H22N2O. The standard InChI is InChI=1S/C16H22N2O/c1-2-13-5-3-6-14(11-13)18-15-7-4-8-16(12-15)19-10-9-17/h4,7-8,12-14,18H,2-3,5-6,10-11H2,1H3.